The number of thiazole rings is 1. The maximum Gasteiger partial charge on any atom is 0.119 e. The molecular weight excluding hydrogens is 342 g/mol. The van der Waals surface area contributed by atoms with E-state index in [4.69, 9.17) is 4.98 Å². The molecule has 1 aliphatic rings. The number of phenolic OH excluding ortho intramolecular Hbond substituents is 1. The zero-order valence-corrected chi connectivity index (χ0v) is 17.3. The molecule has 1 aliphatic heterocycles. The minimum Gasteiger partial charge on any atom is -0.508 e. The van der Waals surface area contributed by atoms with E-state index < -0.39 is 0 Å². The van der Waals surface area contributed by atoms with E-state index in [1.165, 1.54) is 31.1 Å². The first-order chi connectivity index (χ1) is 12.4. The quantitative estimate of drug-likeness (QED) is 0.846. The second-order valence-corrected chi connectivity index (χ2v) is 9.17. The number of hydrogen-bond donors (Lipinski definition) is 1. The summed E-state index contributed by atoms with van der Waals surface area (Å²) < 4.78 is 0. The summed E-state index contributed by atoms with van der Waals surface area (Å²) in [6, 6.07) is 5.84. The molecule has 0 unspecified atom stereocenters. The molecule has 2 aromatic rings. The molecule has 0 atom stereocenters. The lowest BCUT2D eigenvalue weighted by Crippen LogP contribution is -2.45. The van der Waals surface area contributed by atoms with Crippen molar-refractivity contribution in [2.75, 3.05) is 32.7 Å². The van der Waals surface area contributed by atoms with Gasteiger partial charge in [0, 0.05) is 37.1 Å². The smallest absolute Gasteiger partial charge is 0.119 e. The topological polar surface area (TPSA) is 39.6 Å². The van der Waals surface area contributed by atoms with E-state index in [1.54, 1.807) is 17.4 Å². The fourth-order valence-electron chi connectivity index (χ4n) is 3.49. The summed E-state index contributed by atoms with van der Waals surface area (Å²) in [5.74, 6) is 0.363. The maximum absolute atomic E-state index is 10.2. The van der Waals surface area contributed by atoms with Gasteiger partial charge < -0.3 is 10.0 Å². The number of aromatic hydroxyl groups is 1. The third-order valence-electron chi connectivity index (χ3n) is 5.02. The van der Waals surface area contributed by atoms with E-state index in [1.807, 2.05) is 6.07 Å². The summed E-state index contributed by atoms with van der Waals surface area (Å²) in [5, 5.41) is 13.5. The van der Waals surface area contributed by atoms with Crippen LogP contribution in [0.2, 0.25) is 0 Å². The van der Waals surface area contributed by atoms with Crippen molar-refractivity contribution in [3.8, 4) is 17.0 Å². The summed E-state index contributed by atoms with van der Waals surface area (Å²) in [5.41, 5.74) is 2.98. The number of rotatable bonds is 5. The highest BCUT2D eigenvalue weighted by atomic mass is 32.1. The van der Waals surface area contributed by atoms with Crippen LogP contribution < -0.4 is 0 Å². The van der Waals surface area contributed by atoms with Crippen LogP contribution in [-0.2, 0) is 12.0 Å². The Morgan fingerprint density at radius 1 is 1.12 bits per heavy atom. The van der Waals surface area contributed by atoms with Gasteiger partial charge in [-0.15, -0.1) is 11.3 Å². The van der Waals surface area contributed by atoms with Crippen LogP contribution in [0.5, 0.6) is 5.75 Å². The van der Waals surface area contributed by atoms with E-state index in [9.17, 15) is 5.11 Å². The van der Waals surface area contributed by atoms with Gasteiger partial charge in [0.05, 0.1) is 12.2 Å². The molecule has 0 radical (unpaired) electrons. The summed E-state index contributed by atoms with van der Waals surface area (Å²) in [4.78, 5) is 9.92. The van der Waals surface area contributed by atoms with Crippen LogP contribution in [0.25, 0.3) is 11.3 Å². The molecular formula is C21H31N3OS. The lowest BCUT2D eigenvalue weighted by atomic mass is 9.85. The van der Waals surface area contributed by atoms with Crippen molar-refractivity contribution in [3.05, 3.63) is 34.2 Å². The Morgan fingerprint density at radius 3 is 2.46 bits per heavy atom. The molecule has 5 heteroatoms. The number of nitrogens with zero attached hydrogens (tertiary/aromatic N) is 3. The van der Waals surface area contributed by atoms with E-state index in [0.29, 0.717) is 5.75 Å². The second kappa shape index (κ2) is 8.07. The van der Waals surface area contributed by atoms with Crippen molar-refractivity contribution in [2.45, 2.75) is 46.1 Å². The average molecular weight is 374 g/mol. The molecule has 4 nitrogen and oxygen atoms in total. The van der Waals surface area contributed by atoms with Gasteiger partial charge in [0.1, 0.15) is 10.8 Å². The molecule has 2 heterocycles. The first-order valence-electron chi connectivity index (χ1n) is 9.60. The molecule has 3 rings (SSSR count). The Bertz CT molecular complexity index is 727. The van der Waals surface area contributed by atoms with Gasteiger partial charge in [-0.3, -0.25) is 4.90 Å². The van der Waals surface area contributed by atoms with Gasteiger partial charge in [-0.2, -0.15) is 0 Å². The lowest BCUT2D eigenvalue weighted by molar-refractivity contribution is 0.127. The highest BCUT2D eigenvalue weighted by molar-refractivity contribution is 7.09. The first kappa shape index (κ1) is 19.3. The Hall–Kier alpha value is -1.43. The summed E-state index contributed by atoms with van der Waals surface area (Å²) in [6.07, 6.45) is 1.24. The predicted molar refractivity (Wildman–Crippen MR) is 110 cm³/mol. The van der Waals surface area contributed by atoms with Crippen LogP contribution in [0, 0.1) is 0 Å². The van der Waals surface area contributed by atoms with Crippen molar-refractivity contribution in [1.29, 1.82) is 0 Å². The molecule has 1 saturated heterocycles. The van der Waals surface area contributed by atoms with E-state index in [-0.39, 0.29) is 5.41 Å². The number of piperazine rings is 1. The van der Waals surface area contributed by atoms with E-state index >= 15 is 0 Å². The third kappa shape index (κ3) is 4.64. The van der Waals surface area contributed by atoms with Gasteiger partial charge in [0.15, 0.2) is 0 Å². The molecule has 1 fully saturated rings. The van der Waals surface area contributed by atoms with Gasteiger partial charge in [-0.05, 0) is 42.1 Å². The molecule has 1 N–H and O–H groups in total. The van der Waals surface area contributed by atoms with Crippen LogP contribution in [-0.4, -0.2) is 52.6 Å². The van der Waals surface area contributed by atoms with Crippen molar-refractivity contribution < 1.29 is 5.11 Å². The molecule has 0 bridgehead atoms. The van der Waals surface area contributed by atoms with Gasteiger partial charge in [0.2, 0.25) is 0 Å². The Morgan fingerprint density at radius 2 is 1.81 bits per heavy atom. The molecule has 142 valence electrons. The Labute approximate surface area is 161 Å². The molecule has 26 heavy (non-hydrogen) atoms. The summed E-state index contributed by atoms with van der Waals surface area (Å²) in [6.45, 7) is 15.4. The van der Waals surface area contributed by atoms with E-state index in [2.05, 4.69) is 48.9 Å². The SMILES string of the molecule is CCCN1CCN(Cc2nc(-c3ccc(O)c(C(C)(C)C)c3)cs2)CC1. The zero-order valence-electron chi connectivity index (χ0n) is 16.5. The van der Waals surface area contributed by atoms with Crippen LogP contribution in [0.1, 0.15) is 44.7 Å². The third-order valence-corrected chi connectivity index (χ3v) is 5.85. The number of aromatic nitrogens is 1. The van der Waals surface area contributed by atoms with Crippen LogP contribution in [0.15, 0.2) is 23.6 Å². The van der Waals surface area contributed by atoms with Gasteiger partial charge in [-0.1, -0.05) is 27.7 Å². The molecule has 1 aromatic heterocycles. The highest BCUT2D eigenvalue weighted by Gasteiger charge is 2.20. The average Bonchev–Trinajstić information content (AvgIpc) is 3.05. The largest absolute Gasteiger partial charge is 0.508 e. The molecule has 0 saturated carbocycles. The van der Waals surface area contributed by atoms with Crippen molar-refractivity contribution in [2.24, 2.45) is 0 Å². The van der Waals surface area contributed by atoms with Crippen LogP contribution in [0.4, 0.5) is 0 Å². The van der Waals surface area contributed by atoms with E-state index in [0.717, 1.165) is 36.5 Å². The summed E-state index contributed by atoms with van der Waals surface area (Å²) in [7, 11) is 0. The van der Waals surface area contributed by atoms with Gasteiger partial charge in [0.25, 0.3) is 0 Å². The van der Waals surface area contributed by atoms with Crippen molar-refractivity contribution in [3.63, 3.8) is 0 Å². The number of phenols is 1. The Balaban J connectivity index is 1.67. The zero-order chi connectivity index (χ0) is 18.7. The van der Waals surface area contributed by atoms with Crippen molar-refractivity contribution >= 4 is 11.3 Å². The van der Waals surface area contributed by atoms with Crippen LogP contribution >= 0.6 is 11.3 Å². The highest BCUT2D eigenvalue weighted by Crippen LogP contribution is 2.34. The minimum absolute atomic E-state index is 0.0862. The number of hydrogen-bond acceptors (Lipinski definition) is 5. The predicted octanol–water partition coefficient (Wildman–Crippen LogP) is 4.34. The number of benzene rings is 1. The lowest BCUT2D eigenvalue weighted by Gasteiger charge is -2.33. The minimum atomic E-state index is -0.0862. The van der Waals surface area contributed by atoms with Crippen LogP contribution in [0.3, 0.4) is 0 Å². The molecule has 0 spiro atoms. The fourth-order valence-corrected chi connectivity index (χ4v) is 4.34. The first-order valence-corrected chi connectivity index (χ1v) is 10.5. The standard InChI is InChI=1S/C21H31N3OS/c1-5-8-23-9-11-24(12-10-23)14-20-22-18(15-26-20)16-6-7-19(25)17(13-16)21(2,3)4/h6-7,13,15,25H,5,8-12,14H2,1-4H3. The second-order valence-electron chi connectivity index (χ2n) is 8.23. The fraction of sp³-hybridized carbons (Fsp3) is 0.571. The summed E-state index contributed by atoms with van der Waals surface area (Å²) >= 11 is 1.74. The molecule has 0 amide bonds. The van der Waals surface area contributed by atoms with Crippen molar-refractivity contribution in [1.82, 2.24) is 14.8 Å². The van der Waals surface area contributed by atoms with Gasteiger partial charge in [-0.25, -0.2) is 4.98 Å². The normalized spacial score (nSPS) is 16.9. The Kier molecular flexibility index (Phi) is 6.00. The monoisotopic (exact) mass is 373 g/mol. The molecule has 0 aliphatic carbocycles. The molecule has 1 aromatic carbocycles. The maximum atomic E-state index is 10.2. The van der Waals surface area contributed by atoms with Gasteiger partial charge >= 0.3 is 0 Å².